The van der Waals surface area contributed by atoms with Crippen molar-refractivity contribution in [3.05, 3.63) is 42.1 Å². The predicted octanol–water partition coefficient (Wildman–Crippen LogP) is 3.43. The highest BCUT2D eigenvalue weighted by Gasteiger charge is 2.12. The number of allylic oxidation sites excluding steroid dienone is 1. The highest BCUT2D eigenvalue weighted by atomic mass is 16.5. The zero-order valence-electron chi connectivity index (χ0n) is 11.0. The minimum atomic E-state index is 0.0636. The van der Waals surface area contributed by atoms with Crippen LogP contribution >= 0.6 is 0 Å². The smallest absolute Gasteiger partial charge is 0.161 e. The molecule has 0 aliphatic carbocycles. The first-order chi connectivity index (χ1) is 8.52. The highest BCUT2D eigenvalue weighted by molar-refractivity contribution is 6.07. The number of Topliss-reactive ketones (excluding diaryl/α,β-unsaturated/α-hetero) is 1. The number of methoxy groups -OCH3 is 1. The van der Waals surface area contributed by atoms with Gasteiger partial charge in [-0.1, -0.05) is 12.2 Å². The second-order valence-corrected chi connectivity index (χ2v) is 4.57. The average Bonchev–Trinajstić information content (AvgIpc) is 2.66. The summed E-state index contributed by atoms with van der Waals surface area (Å²) in [6.45, 7) is 8.19. The van der Waals surface area contributed by atoms with E-state index >= 15 is 0 Å². The maximum Gasteiger partial charge on any atom is 0.161 e. The van der Waals surface area contributed by atoms with E-state index in [2.05, 4.69) is 6.58 Å². The van der Waals surface area contributed by atoms with E-state index in [0.29, 0.717) is 0 Å². The molecule has 0 fully saturated rings. The molecule has 1 aromatic heterocycles. The monoisotopic (exact) mass is 243 g/mol. The summed E-state index contributed by atoms with van der Waals surface area (Å²) in [5.41, 5.74) is 2.81. The van der Waals surface area contributed by atoms with Crippen LogP contribution in [0.25, 0.3) is 10.9 Å². The predicted molar refractivity (Wildman–Crippen MR) is 73.3 cm³/mol. The normalized spacial score (nSPS) is 10.6. The molecule has 0 amide bonds. The Hall–Kier alpha value is -2.03. The molecule has 0 saturated heterocycles. The van der Waals surface area contributed by atoms with Gasteiger partial charge in [-0.15, -0.1) is 0 Å². The van der Waals surface area contributed by atoms with Gasteiger partial charge in [0.15, 0.2) is 5.78 Å². The Morgan fingerprint density at radius 2 is 2.11 bits per heavy atom. The van der Waals surface area contributed by atoms with Crippen molar-refractivity contribution in [2.45, 2.75) is 20.4 Å². The Bertz CT molecular complexity index is 623. The molecule has 3 heteroatoms. The molecule has 18 heavy (non-hydrogen) atoms. The lowest BCUT2D eigenvalue weighted by Gasteiger charge is -2.05. The van der Waals surface area contributed by atoms with Crippen molar-refractivity contribution in [2.24, 2.45) is 0 Å². The van der Waals surface area contributed by atoms with Crippen molar-refractivity contribution in [3.8, 4) is 5.75 Å². The molecule has 94 valence electrons. The lowest BCUT2D eigenvalue weighted by molar-refractivity contribution is 0.101. The Morgan fingerprint density at radius 1 is 1.39 bits per heavy atom. The second kappa shape index (κ2) is 4.69. The third kappa shape index (κ3) is 2.16. The molecule has 0 aliphatic heterocycles. The fourth-order valence-corrected chi connectivity index (χ4v) is 2.11. The minimum Gasteiger partial charge on any atom is -0.497 e. The van der Waals surface area contributed by atoms with Crippen molar-refractivity contribution in [1.82, 2.24) is 4.57 Å². The van der Waals surface area contributed by atoms with Gasteiger partial charge in [0.25, 0.3) is 0 Å². The maximum atomic E-state index is 11.7. The number of benzene rings is 1. The number of ketones is 1. The van der Waals surface area contributed by atoms with Crippen molar-refractivity contribution in [3.63, 3.8) is 0 Å². The SMILES string of the molecule is C=C(C)Cn1cc(C(C)=O)c2cc(OC)ccc21. The van der Waals surface area contributed by atoms with E-state index in [1.54, 1.807) is 14.0 Å². The fraction of sp³-hybridized carbons (Fsp3) is 0.267. The first-order valence-electron chi connectivity index (χ1n) is 5.85. The van der Waals surface area contributed by atoms with Crippen LogP contribution in [-0.2, 0) is 6.54 Å². The summed E-state index contributed by atoms with van der Waals surface area (Å²) in [7, 11) is 1.62. The van der Waals surface area contributed by atoms with Gasteiger partial charge in [0, 0.05) is 29.2 Å². The molecule has 0 atom stereocenters. The van der Waals surface area contributed by atoms with Crippen LogP contribution in [0.2, 0.25) is 0 Å². The third-order valence-corrected chi connectivity index (χ3v) is 2.91. The second-order valence-electron chi connectivity index (χ2n) is 4.57. The molecule has 1 aromatic carbocycles. The maximum absolute atomic E-state index is 11.7. The van der Waals surface area contributed by atoms with Crippen LogP contribution in [0.1, 0.15) is 24.2 Å². The van der Waals surface area contributed by atoms with Gasteiger partial charge in [0.2, 0.25) is 0 Å². The van der Waals surface area contributed by atoms with Crippen molar-refractivity contribution in [1.29, 1.82) is 0 Å². The van der Waals surface area contributed by atoms with E-state index in [9.17, 15) is 4.79 Å². The summed E-state index contributed by atoms with van der Waals surface area (Å²) in [6.07, 6.45) is 1.89. The molecule has 0 saturated carbocycles. The Morgan fingerprint density at radius 3 is 2.67 bits per heavy atom. The summed E-state index contributed by atoms with van der Waals surface area (Å²) >= 11 is 0. The van der Waals surface area contributed by atoms with Gasteiger partial charge in [-0.25, -0.2) is 0 Å². The van der Waals surface area contributed by atoms with Gasteiger partial charge in [-0.05, 0) is 32.0 Å². The molecular weight excluding hydrogens is 226 g/mol. The van der Waals surface area contributed by atoms with Crippen LogP contribution in [0.15, 0.2) is 36.5 Å². The van der Waals surface area contributed by atoms with E-state index in [4.69, 9.17) is 4.74 Å². The number of ether oxygens (including phenoxy) is 1. The molecule has 0 radical (unpaired) electrons. The van der Waals surface area contributed by atoms with Gasteiger partial charge < -0.3 is 9.30 Å². The number of fused-ring (bicyclic) bond motifs is 1. The summed E-state index contributed by atoms with van der Waals surface area (Å²) in [6, 6.07) is 5.78. The molecule has 2 rings (SSSR count). The Balaban J connectivity index is 2.67. The van der Waals surface area contributed by atoms with E-state index < -0.39 is 0 Å². The van der Waals surface area contributed by atoms with Crippen LogP contribution in [-0.4, -0.2) is 17.5 Å². The van der Waals surface area contributed by atoms with E-state index in [0.717, 1.165) is 34.3 Å². The number of hydrogen-bond donors (Lipinski definition) is 0. The zero-order chi connectivity index (χ0) is 13.3. The number of aromatic nitrogens is 1. The summed E-state index contributed by atoms with van der Waals surface area (Å²) in [5, 5.41) is 0.933. The van der Waals surface area contributed by atoms with Crippen molar-refractivity contribution < 1.29 is 9.53 Å². The molecule has 1 heterocycles. The van der Waals surface area contributed by atoms with Crippen molar-refractivity contribution >= 4 is 16.7 Å². The van der Waals surface area contributed by atoms with Gasteiger partial charge in [0.1, 0.15) is 5.75 Å². The number of hydrogen-bond acceptors (Lipinski definition) is 2. The van der Waals surface area contributed by atoms with Gasteiger partial charge in [-0.3, -0.25) is 4.79 Å². The van der Waals surface area contributed by atoms with Crippen LogP contribution < -0.4 is 4.74 Å². The molecule has 0 spiro atoms. The fourth-order valence-electron chi connectivity index (χ4n) is 2.11. The molecule has 0 unspecified atom stereocenters. The van der Waals surface area contributed by atoms with Gasteiger partial charge >= 0.3 is 0 Å². The lowest BCUT2D eigenvalue weighted by Crippen LogP contribution is -1.96. The number of nitrogens with zero attached hydrogens (tertiary/aromatic N) is 1. The first-order valence-corrected chi connectivity index (χ1v) is 5.85. The van der Waals surface area contributed by atoms with Gasteiger partial charge in [-0.2, -0.15) is 0 Å². The van der Waals surface area contributed by atoms with Crippen molar-refractivity contribution in [2.75, 3.05) is 7.11 Å². The van der Waals surface area contributed by atoms with E-state index in [-0.39, 0.29) is 5.78 Å². The summed E-state index contributed by atoms with van der Waals surface area (Å²) < 4.78 is 7.26. The standard InChI is InChI=1S/C15H17NO2/c1-10(2)8-16-9-14(11(3)17)13-7-12(18-4)5-6-15(13)16/h5-7,9H,1,8H2,2-4H3. The van der Waals surface area contributed by atoms with Gasteiger partial charge in [0.05, 0.1) is 7.11 Å². The lowest BCUT2D eigenvalue weighted by atomic mass is 10.1. The van der Waals surface area contributed by atoms with E-state index in [1.807, 2.05) is 35.9 Å². The average molecular weight is 243 g/mol. The van der Waals surface area contributed by atoms with Crippen LogP contribution in [0, 0.1) is 0 Å². The molecule has 0 bridgehead atoms. The zero-order valence-corrected chi connectivity index (χ0v) is 11.0. The largest absolute Gasteiger partial charge is 0.497 e. The van der Waals surface area contributed by atoms with Crippen LogP contribution in [0.4, 0.5) is 0 Å². The number of carbonyl (C=O) groups excluding carboxylic acids is 1. The first kappa shape index (κ1) is 12.4. The topological polar surface area (TPSA) is 31.2 Å². The Kier molecular flexibility index (Phi) is 3.24. The highest BCUT2D eigenvalue weighted by Crippen LogP contribution is 2.26. The minimum absolute atomic E-state index is 0.0636. The quantitative estimate of drug-likeness (QED) is 0.608. The Labute approximate surface area is 107 Å². The third-order valence-electron chi connectivity index (χ3n) is 2.91. The molecule has 0 aliphatic rings. The summed E-state index contributed by atoms with van der Waals surface area (Å²) in [5.74, 6) is 0.826. The molecule has 0 N–H and O–H groups in total. The van der Waals surface area contributed by atoms with Crippen LogP contribution in [0.5, 0.6) is 5.75 Å². The molecular formula is C15H17NO2. The molecule has 2 aromatic rings. The number of rotatable bonds is 4. The van der Waals surface area contributed by atoms with E-state index in [1.165, 1.54) is 0 Å². The summed E-state index contributed by atoms with van der Waals surface area (Å²) in [4.78, 5) is 11.7. The van der Waals surface area contributed by atoms with Crippen LogP contribution in [0.3, 0.4) is 0 Å². The molecule has 3 nitrogen and oxygen atoms in total. The number of carbonyl (C=O) groups is 1.